The van der Waals surface area contributed by atoms with Gasteiger partial charge in [0.1, 0.15) is 6.20 Å². The van der Waals surface area contributed by atoms with E-state index < -0.39 is 10.7 Å². The smallest absolute Gasteiger partial charge is 0.382 e. The van der Waals surface area contributed by atoms with Crippen molar-refractivity contribution in [3.8, 4) is 11.7 Å². The number of hydrogen-bond acceptors (Lipinski definition) is 6. The van der Waals surface area contributed by atoms with Crippen LogP contribution in [-0.2, 0) is 6.54 Å². The van der Waals surface area contributed by atoms with Crippen molar-refractivity contribution in [3.63, 3.8) is 0 Å². The van der Waals surface area contributed by atoms with Crippen molar-refractivity contribution in [1.82, 2.24) is 19.7 Å². The average Bonchev–Trinajstić information content (AvgIpc) is 2.85. The molecular weight excluding hydrogens is 230 g/mol. The Balaban J connectivity index is 2.54. The number of imidazole rings is 1. The summed E-state index contributed by atoms with van der Waals surface area (Å²) in [4.78, 5) is 24.9. The number of nitrogens with zero attached hydrogens (tertiary/aromatic N) is 4. The molecule has 2 rings (SSSR count). The molecule has 9 nitrogen and oxygen atoms in total. The van der Waals surface area contributed by atoms with Gasteiger partial charge in [-0.1, -0.05) is 6.92 Å². The molecule has 90 valence electrons. The molecule has 2 aromatic heterocycles. The lowest BCUT2D eigenvalue weighted by molar-refractivity contribution is -0.392. The van der Waals surface area contributed by atoms with Crippen LogP contribution in [0.3, 0.4) is 0 Å². The normalized spacial score (nSPS) is 10.6. The van der Waals surface area contributed by atoms with E-state index in [2.05, 4.69) is 15.2 Å². The van der Waals surface area contributed by atoms with E-state index >= 15 is 0 Å². The zero-order valence-corrected chi connectivity index (χ0v) is 8.91. The molecule has 0 radical (unpaired) electrons. The van der Waals surface area contributed by atoms with Crippen LogP contribution in [-0.4, -0.2) is 24.7 Å². The Morgan fingerprint density at radius 2 is 2.41 bits per heavy atom. The van der Waals surface area contributed by atoms with E-state index in [-0.39, 0.29) is 17.5 Å². The van der Waals surface area contributed by atoms with Crippen LogP contribution in [0.15, 0.2) is 15.4 Å². The number of nitrogens with one attached hydrogen (secondary N) is 1. The third-order valence-electron chi connectivity index (χ3n) is 2.10. The molecule has 0 aliphatic rings. The lowest BCUT2D eigenvalue weighted by Crippen LogP contribution is -2.04. The van der Waals surface area contributed by atoms with Gasteiger partial charge in [0.15, 0.2) is 0 Å². The quantitative estimate of drug-likeness (QED) is 0.614. The highest BCUT2D eigenvalue weighted by Gasteiger charge is 2.24. The van der Waals surface area contributed by atoms with Crippen molar-refractivity contribution >= 4 is 5.82 Å². The molecule has 0 atom stereocenters. The predicted molar refractivity (Wildman–Crippen MR) is 55.3 cm³/mol. The third-order valence-corrected chi connectivity index (χ3v) is 2.10. The summed E-state index contributed by atoms with van der Waals surface area (Å²) >= 11 is 0. The van der Waals surface area contributed by atoms with Gasteiger partial charge >= 0.3 is 17.5 Å². The summed E-state index contributed by atoms with van der Waals surface area (Å²) < 4.78 is 6.07. The first-order valence-corrected chi connectivity index (χ1v) is 4.89. The molecule has 0 fully saturated rings. The highest BCUT2D eigenvalue weighted by molar-refractivity contribution is 5.44. The molecule has 0 aromatic carbocycles. The van der Waals surface area contributed by atoms with Gasteiger partial charge in [-0.3, -0.25) is 0 Å². The van der Waals surface area contributed by atoms with E-state index in [0.717, 1.165) is 6.20 Å². The van der Waals surface area contributed by atoms with Crippen molar-refractivity contribution < 1.29 is 9.34 Å². The summed E-state index contributed by atoms with van der Waals surface area (Å²) in [5, 5.41) is 16.4. The van der Waals surface area contributed by atoms with Gasteiger partial charge in [-0.2, -0.15) is 0 Å². The molecular formula is C8H9N5O4. The molecule has 0 aliphatic carbocycles. The van der Waals surface area contributed by atoms with Crippen molar-refractivity contribution in [2.45, 2.75) is 19.9 Å². The highest BCUT2D eigenvalue weighted by Crippen LogP contribution is 2.21. The minimum Gasteiger partial charge on any atom is -0.382 e. The summed E-state index contributed by atoms with van der Waals surface area (Å²) in [6.45, 7) is 2.26. The first-order chi connectivity index (χ1) is 8.13. The lowest BCUT2D eigenvalue weighted by atomic mass is 10.4. The van der Waals surface area contributed by atoms with E-state index in [0.29, 0.717) is 13.0 Å². The minimum absolute atomic E-state index is 0.0587. The van der Waals surface area contributed by atoms with Gasteiger partial charge in [-0.05, 0) is 11.3 Å². The summed E-state index contributed by atoms with van der Waals surface area (Å²) in [5.41, 5.74) is 0. The number of hydrogen-bond donors (Lipinski definition) is 1. The maximum Gasteiger partial charge on any atom is 0.434 e. The molecule has 17 heavy (non-hydrogen) atoms. The second kappa shape index (κ2) is 4.20. The second-order valence-corrected chi connectivity index (χ2v) is 3.27. The van der Waals surface area contributed by atoms with Gasteiger partial charge < -0.3 is 14.5 Å². The molecule has 2 aromatic rings. The Morgan fingerprint density at radius 3 is 2.94 bits per heavy atom. The van der Waals surface area contributed by atoms with Crippen LogP contribution in [0.4, 0.5) is 5.82 Å². The second-order valence-electron chi connectivity index (χ2n) is 3.27. The minimum atomic E-state index is -0.728. The fourth-order valence-corrected chi connectivity index (χ4v) is 1.45. The van der Waals surface area contributed by atoms with Gasteiger partial charge in [-0.15, -0.1) is 5.10 Å². The predicted octanol–water partition coefficient (Wildman–Crippen LogP) is 0.545. The molecule has 9 heteroatoms. The highest BCUT2D eigenvalue weighted by atomic mass is 16.6. The summed E-state index contributed by atoms with van der Waals surface area (Å²) in [5.74, 6) is -0.783. The van der Waals surface area contributed by atoms with Gasteiger partial charge in [0.25, 0.3) is 5.82 Å². The first-order valence-electron chi connectivity index (χ1n) is 4.89. The lowest BCUT2D eigenvalue weighted by Gasteiger charge is -1.99. The molecule has 0 amide bonds. The summed E-state index contributed by atoms with van der Waals surface area (Å²) in [7, 11) is 0. The van der Waals surface area contributed by atoms with E-state index in [4.69, 9.17) is 4.42 Å². The molecule has 0 saturated heterocycles. The Hall–Kier alpha value is -2.45. The Kier molecular flexibility index (Phi) is 2.73. The molecule has 0 aliphatic heterocycles. The van der Waals surface area contributed by atoms with Crippen molar-refractivity contribution in [2.75, 3.05) is 0 Å². The van der Waals surface area contributed by atoms with E-state index in [1.165, 1.54) is 4.57 Å². The number of H-pyrrole nitrogens is 1. The van der Waals surface area contributed by atoms with Crippen molar-refractivity contribution in [1.29, 1.82) is 0 Å². The fourth-order valence-electron chi connectivity index (χ4n) is 1.45. The first kappa shape index (κ1) is 11.0. The maximum atomic E-state index is 10.8. The Labute approximate surface area is 94.2 Å². The SMILES string of the molecule is CCCn1c([N+](=O)[O-])cnc1-c1n[nH]c(=O)o1. The zero-order chi connectivity index (χ0) is 12.4. The number of nitro groups is 1. The molecule has 0 unspecified atom stereocenters. The van der Waals surface area contributed by atoms with Gasteiger partial charge in [0, 0.05) is 0 Å². The number of rotatable bonds is 4. The summed E-state index contributed by atoms with van der Waals surface area (Å²) in [6, 6.07) is 0. The average molecular weight is 239 g/mol. The molecule has 0 spiro atoms. The topological polar surface area (TPSA) is 120 Å². The molecule has 0 bridgehead atoms. The van der Waals surface area contributed by atoms with E-state index in [1.807, 2.05) is 6.92 Å². The van der Waals surface area contributed by atoms with E-state index in [9.17, 15) is 14.9 Å². The van der Waals surface area contributed by atoms with Crippen LogP contribution >= 0.6 is 0 Å². The number of aromatic nitrogens is 4. The summed E-state index contributed by atoms with van der Waals surface area (Å²) in [6.07, 6.45) is 1.79. The molecule has 1 N–H and O–H groups in total. The fraction of sp³-hybridized carbons (Fsp3) is 0.375. The Morgan fingerprint density at radius 1 is 1.65 bits per heavy atom. The maximum absolute atomic E-state index is 10.8. The van der Waals surface area contributed by atoms with Crippen LogP contribution in [0.5, 0.6) is 0 Å². The zero-order valence-electron chi connectivity index (χ0n) is 8.91. The monoisotopic (exact) mass is 239 g/mol. The van der Waals surface area contributed by atoms with Crippen LogP contribution in [0.2, 0.25) is 0 Å². The van der Waals surface area contributed by atoms with Crippen LogP contribution < -0.4 is 5.76 Å². The van der Waals surface area contributed by atoms with Crippen LogP contribution in [0, 0.1) is 10.1 Å². The van der Waals surface area contributed by atoms with Crippen molar-refractivity contribution in [3.05, 3.63) is 26.9 Å². The Bertz CT molecular complexity index is 595. The largest absolute Gasteiger partial charge is 0.434 e. The van der Waals surface area contributed by atoms with Gasteiger partial charge in [0.2, 0.25) is 0 Å². The van der Waals surface area contributed by atoms with Gasteiger partial charge in [-0.25, -0.2) is 19.4 Å². The standard InChI is InChI=1S/C8H9N5O4/c1-2-3-12-5(13(15)16)4-9-6(12)7-10-11-8(14)17-7/h4H,2-3H2,1H3,(H,11,14). The third kappa shape index (κ3) is 1.94. The van der Waals surface area contributed by atoms with Crippen LogP contribution in [0.1, 0.15) is 13.3 Å². The molecule has 0 saturated carbocycles. The van der Waals surface area contributed by atoms with E-state index in [1.54, 1.807) is 0 Å². The van der Waals surface area contributed by atoms with Gasteiger partial charge in [0.05, 0.1) is 6.54 Å². The molecule has 2 heterocycles. The number of aromatic amines is 1. The van der Waals surface area contributed by atoms with Crippen LogP contribution in [0.25, 0.3) is 11.7 Å². The van der Waals surface area contributed by atoms with Crippen molar-refractivity contribution in [2.24, 2.45) is 0 Å².